The predicted octanol–water partition coefficient (Wildman–Crippen LogP) is 3.25. The lowest BCUT2D eigenvalue weighted by Crippen LogP contribution is -2.32. The van der Waals surface area contributed by atoms with Gasteiger partial charge in [0.1, 0.15) is 11.5 Å². The Morgan fingerprint density at radius 1 is 1.38 bits per heavy atom. The second-order valence-electron chi connectivity index (χ2n) is 6.35. The first kappa shape index (κ1) is 16.7. The highest BCUT2D eigenvalue weighted by atomic mass is 19.1. The topological polar surface area (TPSA) is 77.2 Å². The fourth-order valence-electron chi connectivity index (χ4n) is 3.20. The van der Waals surface area contributed by atoms with Crippen LogP contribution in [0.5, 0.6) is 0 Å². The molecule has 0 saturated carbocycles. The summed E-state index contributed by atoms with van der Waals surface area (Å²) < 4.78 is 25.0. The summed E-state index contributed by atoms with van der Waals surface area (Å²) in [6, 6.07) is 7.90. The molecular formula is C19H18FN3O3. The van der Waals surface area contributed by atoms with Crippen LogP contribution in [0.15, 0.2) is 34.9 Å². The first-order valence-electron chi connectivity index (χ1n) is 8.55. The molecule has 7 heteroatoms. The molecule has 0 unspecified atom stereocenters. The maximum absolute atomic E-state index is 14.2. The van der Waals surface area contributed by atoms with Crippen LogP contribution in [0.4, 0.5) is 4.39 Å². The Bertz CT molecular complexity index is 964. The summed E-state index contributed by atoms with van der Waals surface area (Å²) in [4.78, 5) is 17.1. The normalized spacial score (nSPS) is 16.9. The van der Waals surface area contributed by atoms with Gasteiger partial charge in [-0.15, -0.1) is 0 Å². The summed E-state index contributed by atoms with van der Waals surface area (Å²) in [5.74, 6) is -0.717. The Morgan fingerprint density at radius 2 is 2.23 bits per heavy atom. The minimum Gasteiger partial charge on any atom is -0.376 e. The molecule has 1 atom stereocenters. The molecule has 1 aliphatic rings. The van der Waals surface area contributed by atoms with Crippen LogP contribution in [-0.2, 0) is 4.74 Å². The molecule has 4 rings (SSSR count). The van der Waals surface area contributed by atoms with Crippen molar-refractivity contribution in [3.05, 3.63) is 47.4 Å². The van der Waals surface area contributed by atoms with Gasteiger partial charge in [-0.3, -0.25) is 4.79 Å². The van der Waals surface area contributed by atoms with Crippen molar-refractivity contribution in [2.45, 2.75) is 25.9 Å². The number of rotatable bonds is 4. The minimum atomic E-state index is -0.436. The van der Waals surface area contributed by atoms with Crippen molar-refractivity contribution < 1.29 is 18.4 Å². The van der Waals surface area contributed by atoms with Crippen molar-refractivity contribution >= 4 is 17.0 Å². The van der Waals surface area contributed by atoms with Crippen LogP contribution >= 0.6 is 0 Å². The Hall–Kier alpha value is -2.80. The molecule has 0 radical (unpaired) electrons. The maximum Gasteiger partial charge on any atom is 0.259 e. The second kappa shape index (κ2) is 6.84. The van der Waals surface area contributed by atoms with Gasteiger partial charge in [0.05, 0.1) is 17.1 Å². The Morgan fingerprint density at radius 3 is 3.00 bits per heavy atom. The highest BCUT2D eigenvalue weighted by molar-refractivity contribution is 6.09. The zero-order valence-electron chi connectivity index (χ0n) is 14.3. The highest BCUT2D eigenvalue weighted by Gasteiger charge is 2.23. The molecule has 6 nitrogen and oxygen atoms in total. The fraction of sp³-hybridized carbons (Fsp3) is 0.316. The lowest BCUT2D eigenvalue weighted by molar-refractivity contribution is 0.0859. The van der Waals surface area contributed by atoms with Gasteiger partial charge in [-0.05, 0) is 38.0 Å². The van der Waals surface area contributed by atoms with Crippen molar-refractivity contribution in [1.29, 1.82) is 0 Å². The lowest BCUT2D eigenvalue weighted by atomic mass is 10.0. The van der Waals surface area contributed by atoms with Crippen LogP contribution in [0.1, 0.15) is 28.9 Å². The summed E-state index contributed by atoms with van der Waals surface area (Å²) >= 11 is 0. The average molecular weight is 355 g/mol. The number of hydrogen-bond acceptors (Lipinski definition) is 5. The van der Waals surface area contributed by atoms with Crippen molar-refractivity contribution in [3.8, 4) is 11.3 Å². The van der Waals surface area contributed by atoms with Gasteiger partial charge < -0.3 is 14.6 Å². The van der Waals surface area contributed by atoms with Crippen LogP contribution < -0.4 is 5.32 Å². The summed E-state index contributed by atoms with van der Waals surface area (Å²) in [6.07, 6.45) is 1.96. The molecule has 0 aliphatic carbocycles. The molecule has 1 aliphatic heterocycles. The monoisotopic (exact) mass is 355 g/mol. The number of nitrogens with one attached hydrogen (secondary N) is 1. The number of aromatic nitrogens is 2. The standard InChI is InChI=1S/C19H18FN3O3/c1-11-9-14(18(24)21-10-12-5-4-8-25-12)16-17(23-26-19(16)22-11)13-6-2-3-7-15(13)20/h2-3,6-7,9,12H,4-5,8,10H2,1H3,(H,21,24)/t12-/m0/s1. The van der Waals surface area contributed by atoms with Crippen molar-refractivity contribution in [2.75, 3.05) is 13.2 Å². The number of halogens is 1. The van der Waals surface area contributed by atoms with E-state index < -0.39 is 5.82 Å². The van der Waals surface area contributed by atoms with E-state index in [0.717, 1.165) is 19.4 Å². The number of ether oxygens (including phenoxy) is 1. The molecule has 2 aromatic heterocycles. The number of fused-ring (bicyclic) bond motifs is 1. The second-order valence-corrected chi connectivity index (χ2v) is 6.35. The number of carbonyl (C=O) groups excluding carboxylic acids is 1. The smallest absolute Gasteiger partial charge is 0.259 e. The van der Waals surface area contributed by atoms with Gasteiger partial charge in [-0.25, -0.2) is 9.37 Å². The molecule has 3 heterocycles. The molecule has 3 aromatic rings. The molecule has 1 N–H and O–H groups in total. The van der Waals surface area contributed by atoms with E-state index in [1.54, 1.807) is 31.2 Å². The molecule has 134 valence electrons. The van der Waals surface area contributed by atoms with Crippen LogP contribution in [0.2, 0.25) is 0 Å². The zero-order valence-corrected chi connectivity index (χ0v) is 14.3. The van der Waals surface area contributed by atoms with Crippen molar-refractivity contribution in [1.82, 2.24) is 15.5 Å². The van der Waals surface area contributed by atoms with Crippen LogP contribution in [-0.4, -0.2) is 35.3 Å². The van der Waals surface area contributed by atoms with E-state index in [4.69, 9.17) is 9.26 Å². The molecule has 1 amide bonds. The molecule has 1 saturated heterocycles. The number of carbonyl (C=O) groups is 1. The Labute approximate surface area is 149 Å². The van der Waals surface area contributed by atoms with Crippen molar-refractivity contribution in [2.24, 2.45) is 0 Å². The van der Waals surface area contributed by atoms with Crippen molar-refractivity contribution in [3.63, 3.8) is 0 Å². The summed E-state index contributed by atoms with van der Waals surface area (Å²) in [7, 11) is 0. The number of pyridine rings is 1. The first-order chi connectivity index (χ1) is 12.6. The van der Waals surface area contributed by atoms with E-state index in [-0.39, 0.29) is 29.0 Å². The number of amides is 1. The van der Waals surface area contributed by atoms with E-state index in [2.05, 4.69) is 15.5 Å². The van der Waals surface area contributed by atoms with Crippen LogP contribution in [0.3, 0.4) is 0 Å². The molecule has 1 fully saturated rings. The van der Waals surface area contributed by atoms with E-state index in [0.29, 0.717) is 23.2 Å². The van der Waals surface area contributed by atoms with Gasteiger partial charge in [-0.2, -0.15) is 0 Å². The molecule has 0 bridgehead atoms. The third kappa shape index (κ3) is 3.06. The quantitative estimate of drug-likeness (QED) is 0.777. The van der Waals surface area contributed by atoms with E-state index in [1.165, 1.54) is 6.07 Å². The average Bonchev–Trinajstić information content (AvgIpc) is 3.29. The van der Waals surface area contributed by atoms with Crippen LogP contribution in [0, 0.1) is 12.7 Å². The molecule has 26 heavy (non-hydrogen) atoms. The molecular weight excluding hydrogens is 337 g/mol. The van der Waals surface area contributed by atoms with Gasteiger partial charge in [0, 0.05) is 24.4 Å². The summed E-state index contributed by atoms with van der Waals surface area (Å²) in [5.41, 5.74) is 1.74. The predicted molar refractivity (Wildman–Crippen MR) is 93.2 cm³/mol. The summed E-state index contributed by atoms with van der Waals surface area (Å²) in [6.45, 7) is 2.92. The number of nitrogens with zero attached hydrogens (tertiary/aromatic N) is 2. The zero-order chi connectivity index (χ0) is 18.1. The van der Waals surface area contributed by atoms with E-state index in [1.807, 2.05) is 0 Å². The highest BCUT2D eigenvalue weighted by Crippen LogP contribution is 2.31. The first-order valence-corrected chi connectivity index (χ1v) is 8.55. The third-order valence-corrected chi connectivity index (χ3v) is 4.46. The third-order valence-electron chi connectivity index (χ3n) is 4.46. The minimum absolute atomic E-state index is 0.0332. The number of benzene rings is 1. The van der Waals surface area contributed by atoms with Crippen LogP contribution in [0.25, 0.3) is 22.4 Å². The van der Waals surface area contributed by atoms with Gasteiger partial charge in [0.15, 0.2) is 0 Å². The van der Waals surface area contributed by atoms with Gasteiger partial charge >= 0.3 is 0 Å². The van der Waals surface area contributed by atoms with E-state index in [9.17, 15) is 9.18 Å². The van der Waals surface area contributed by atoms with Gasteiger partial charge in [0.25, 0.3) is 11.6 Å². The maximum atomic E-state index is 14.2. The molecule has 0 spiro atoms. The Kier molecular flexibility index (Phi) is 4.38. The largest absolute Gasteiger partial charge is 0.376 e. The number of aryl methyl sites for hydroxylation is 1. The fourth-order valence-corrected chi connectivity index (χ4v) is 3.20. The summed E-state index contributed by atoms with van der Waals surface area (Å²) in [5, 5.41) is 7.26. The number of hydrogen-bond donors (Lipinski definition) is 1. The Balaban J connectivity index is 1.74. The van der Waals surface area contributed by atoms with Gasteiger partial charge in [-0.1, -0.05) is 17.3 Å². The van der Waals surface area contributed by atoms with Gasteiger partial charge in [0.2, 0.25) is 0 Å². The molecule has 1 aromatic carbocycles. The SMILES string of the molecule is Cc1cc(C(=O)NC[C@@H]2CCCO2)c2c(-c3ccccc3F)noc2n1. The van der Waals surface area contributed by atoms with E-state index >= 15 is 0 Å². The lowest BCUT2D eigenvalue weighted by Gasteiger charge is -2.11.